The third-order valence-electron chi connectivity index (χ3n) is 5.35. The van der Waals surface area contributed by atoms with Gasteiger partial charge in [-0.25, -0.2) is 0 Å². The number of hydrogen-bond acceptors (Lipinski definition) is 2. The molecule has 130 valence electrons. The Morgan fingerprint density at radius 2 is 1.83 bits per heavy atom. The molecule has 4 nitrogen and oxygen atoms in total. The van der Waals surface area contributed by atoms with Crippen molar-refractivity contribution in [1.82, 2.24) is 10.2 Å². The second-order valence-electron chi connectivity index (χ2n) is 7.25. The van der Waals surface area contributed by atoms with Crippen LogP contribution < -0.4 is 5.32 Å². The second kappa shape index (κ2) is 7.82. The van der Waals surface area contributed by atoms with Gasteiger partial charge in [-0.3, -0.25) is 9.59 Å². The number of nitrogens with zero attached hydrogens (tertiary/aromatic N) is 1. The Kier molecular flexibility index (Phi) is 5.54. The normalized spacial score (nSPS) is 22.5. The van der Waals surface area contributed by atoms with Crippen LogP contribution in [0.15, 0.2) is 30.3 Å². The Labute approximate surface area is 144 Å². The summed E-state index contributed by atoms with van der Waals surface area (Å²) in [5.41, 5.74) is 1.21. The van der Waals surface area contributed by atoms with Crippen LogP contribution in [0.25, 0.3) is 0 Å². The van der Waals surface area contributed by atoms with Gasteiger partial charge in [0.1, 0.15) is 0 Å². The average molecular weight is 328 g/mol. The van der Waals surface area contributed by atoms with E-state index < -0.39 is 0 Å². The van der Waals surface area contributed by atoms with Gasteiger partial charge in [0.25, 0.3) is 0 Å². The van der Waals surface area contributed by atoms with Crippen LogP contribution >= 0.6 is 0 Å². The number of hydrogen-bond donors (Lipinski definition) is 1. The topological polar surface area (TPSA) is 49.4 Å². The molecule has 2 aliphatic rings. The molecule has 0 radical (unpaired) electrons. The van der Waals surface area contributed by atoms with Crippen LogP contribution in [0.4, 0.5) is 0 Å². The minimum Gasteiger partial charge on any atom is -0.353 e. The molecule has 1 aromatic carbocycles. The van der Waals surface area contributed by atoms with Crippen molar-refractivity contribution in [1.29, 1.82) is 0 Å². The van der Waals surface area contributed by atoms with Gasteiger partial charge in [0, 0.05) is 24.9 Å². The fourth-order valence-electron chi connectivity index (χ4n) is 4.07. The van der Waals surface area contributed by atoms with Crippen LogP contribution in [0.1, 0.15) is 63.5 Å². The van der Waals surface area contributed by atoms with Crippen molar-refractivity contribution >= 4 is 11.8 Å². The maximum atomic E-state index is 12.7. The summed E-state index contributed by atoms with van der Waals surface area (Å²) in [7, 11) is 0. The molecule has 2 atom stereocenters. The fraction of sp³-hybridized carbons (Fsp3) is 0.600. The monoisotopic (exact) mass is 328 g/mol. The van der Waals surface area contributed by atoms with E-state index in [1.807, 2.05) is 30.0 Å². The number of likely N-dealkylation sites (tertiary alicyclic amines) is 1. The second-order valence-corrected chi connectivity index (χ2v) is 7.25. The highest BCUT2D eigenvalue weighted by Gasteiger charge is 2.31. The van der Waals surface area contributed by atoms with Gasteiger partial charge in [-0.2, -0.15) is 0 Å². The molecule has 1 aliphatic carbocycles. The minimum atomic E-state index is -0.0948. The Morgan fingerprint density at radius 3 is 2.54 bits per heavy atom. The quantitative estimate of drug-likeness (QED) is 0.900. The van der Waals surface area contributed by atoms with Gasteiger partial charge >= 0.3 is 0 Å². The van der Waals surface area contributed by atoms with E-state index in [9.17, 15) is 9.59 Å². The highest BCUT2D eigenvalue weighted by molar-refractivity contribution is 5.81. The zero-order valence-corrected chi connectivity index (χ0v) is 14.5. The van der Waals surface area contributed by atoms with Crippen LogP contribution in [0, 0.1) is 5.92 Å². The van der Waals surface area contributed by atoms with Crippen LogP contribution in [0.2, 0.25) is 0 Å². The lowest BCUT2D eigenvalue weighted by Crippen LogP contribution is -2.41. The summed E-state index contributed by atoms with van der Waals surface area (Å²) in [6, 6.07) is 10.4. The Hall–Kier alpha value is -1.84. The van der Waals surface area contributed by atoms with Crippen molar-refractivity contribution in [2.24, 2.45) is 5.92 Å². The molecular formula is C20H28N2O2. The summed E-state index contributed by atoms with van der Waals surface area (Å²) in [6.45, 7) is 2.76. The largest absolute Gasteiger partial charge is 0.353 e. The van der Waals surface area contributed by atoms with Gasteiger partial charge in [-0.05, 0) is 38.2 Å². The van der Waals surface area contributed by atoms with E-state index in [1.165, 1.54) is 5.56 Å². The molecule has 3 rings (SSSR count). The third-order valence-corrected chi connectivity index (χ3v) is 5.35. The van der Waals surface area contributed by atoms with Gasteiger partial charge in [-0.1, -0.05) is 43.2 Å². The smallest absolute Gasteiger partial charge is 0.225 e. The Balaban J connectivity index is 1.54. The molecule has 1 heterocycles. The zero-order chi connectivity index (χ0) is 16.9. The first-order valence-electron chi connectivity index (χ1n) is 9.30. The van der Waals surface area contributed by atoms with Crippen LogP contribution in [0.3, 0.4) is 0 Å². The predicted molar refractivity (Wildman–Crippen MR) is 94.3 cm³/mol. The highest BCUT2D eigenvalue weighted by atomic mass is 16.2. The Bertz CT molecular complexity index is 566. The summed E-state index contributed by atoms with van der Waals surface area (Å²) in [5.74, 6) is 0.445. The number of amides is 2. The minimum absolute atomic E-state index is 0.0948. The van der Waals surface area contributed by atoms with Gasteiger partial charge in [0.15, 0.2) is 0 Å². The lowest BCUT2D eigenvalue weighted by atomic mass is 10.0. The van der Waals surface area contributed by atoms with Gasteiger partial charge in [0.2, 0.25) is 11.8 Å². The molecule has 1 aliphatic heterocycles. The van der Waals surface area contributed by atoms with Crippen molar-refractivity contribution in [3.05, 3.63) is 35.9 Å². The molecule has 1 aromatic rings. The van der Waals surface area contributed by atoms with Crippen LogP contribution in [0.5, 0.6) is 0 Å². The third kappa shape index (κ3) is 3.97. The summed E-state index contributed by atoms with van der Waals surface area (Å²) in [4.78, 5) is 26.9. The van der Waals surface area contributed by atoms with Gasteiger partial charge < -0.3 is 10.2 Å². The molecule has 0 aromatic heterocycles. The fourth-order valence-corrected chi connectivity index (χ4v) is 4.07. The first-order chi connectivity index (χ1) is 11.6. The van der Waals surface area contributed by atoms with Crippen molar-refractivity contribution in [3.63, 3.8) is 0 Å². The summed E-state index contributed by atoms with van der Waals surface area (Å²) < 4.78 is 0. The lowest BCUT2D eigenvalue weighted by molar-refractivity contribution is -0.133. The van der Waals surface area contributed by atoms with Crippen molar-refractivity contribution in [3.8, 4) is 0 Å². The molecule has 0 spiro atoms. The van der Waals surface area contributed by atoms with E-state index in [0.29, 0.717) is 6.42 Å². The van der Waals surface area contributed by atoms with Crippen LogP contribution in [-0.2, 0) is 9.59 Å². The molecule has 4 heteroatoms. The SMILES string of the molecule is C[C@H](CC(=O)N1CCC[C@@H]1c1ccccc1)NC(=O)C1CCCC1. The summed E-state index contributed by atoms with van der Waals surface area (Å²) >= 11 is 0. The summed E-state index contributed by atoms with van der Waals surface area (Å²) in [6.07, 6.45) is 6.76. The average Bonchev–Trinajstić information content (AvgIpc) is 3.27. The Morgan fingerprint density at radius 1 is 1.12 bits per heavy atom. The number of rotatable bonds is 5. The molecule has 24 heavy (non-hydrogen) atoms. The molecule has 0 bridgehead atoms. The van der Waals surface area contributed by atoms with Gasteiger partial charge in [-0.15, -0.1) is 0 Å². The van der Waals surface area contributed by atoms with Crippen LogP contribution in [-0.4, -0.2) is 29.3 Å². The molecule has 1 N–H and O–H groups in total. The van der Waals surface area contributed by atoms with E-state index in [1.54, 1.807) is 0 Å². The van der Waals surface area contributed by atoms with E-state index in [2.05, 4.69) is 17.4 Å². The lowest BCUT2D eigenvalue weighted by Gasteiger charge is -2.27. The molecule has 2 fully saturated rings. The number of carbonyl (C=O) groups is 2. The van der Waals surface area contributed by atoms with Gasteiger partial charge in [0.05, 0.1) is 6.04 Å². The molecule has 2 amide bonds. The molecule has 1 saturated carbocycles. The maximum absolute atomic E-state index is 12.7. The van der Waals surface area contributed by atoms with E-state index >= 15 is 0 Å². The number of carbonyl (C=O) groups excluding carboxylic acids is 2. The molecule has 1 saturated heterocycles. The zero-order valence-electron chi connectivity index (χ0n) is 14.5. The first-order valence-corrected chi connectivity index (χ1v) is 9.30. The highest BCUT2D eigenvalue weighted by Crippen LogP contribution is 2.32. The first kappa shape index (κ1) is 17.0. The van der Waals surface area contributed by atoms with Crippen molar-refractivity contribution in [2.75, 3.05) is 6.54 Å². The number of nitrogens with one attached hydrogen (secondary N) is 1. The maximum Gasteiger partial charge on any atom is 0.225 e. The summed E-state index contributed by atoms with van der Waals surface area (Å²) in [5, 5.41) is 3.04. The van der Waals surface area contributed by atoms with E-state index in [0.717, 1.165) is 45.1 Å². The molecule has 0 unspecified atom stereocenters. The predicted octanol–water partition coefficient (Wildman–Crippen LogP) is 3.44. The number of benzene rings is 1. The molecular weight excluding hydrogens is 300 g/mol. The van der Waals surface area contributed by atoms with E-state index in [-0.39, 0.29) is 29.8 Å². The van der Waals surface area contributed by atoms with Crippen molar-refractivity contribution < 1.29 is 9.59 Å². The van der Waals surface area contributed by atoms with Crippen molar-refractivity contribution in [2.45, 2.75) is 64.0 Å². The standard InChI is InChI=1S/C20H28N2O2/c1-15(21-20(24)17-10-5-6-11-17)14-19(23)22-13-7-12-18(22)16-8-3-2-4-9-16/h2-4,8-9,15,17-18H,5-7,10-14H2,1H3,(H,21,24)/t15-,18-/m1/s1. The van der Waals surface area contributed by atoms with E-state index in [4.69, 9.17) is 0 Å².